The number of carbonyl (C=O) groups is 1. The summed E-state index contributed by atoms with van der Waals surface area (Å²) in [5, 5.41) is 0. The van der Waals surface area contributed by atoms with Gasteiger partial charge in [-0.15, -0.1) is 0 Å². The van der Waals surface area contributed by atoms with Crippen molar-refractivity contribution < 1.29 is 40.0 Å². The van der Waals surface area contributed by atoms with E-state index in [-0.39, 0.29) is 46.2 Å². The highest BCUT2D eigenvalue weighted by Gasteiger charge is 2.72. The van der Waals surface area contributed by atoms with Crippen molar-refractivity contribution >= 4 is 28.0 Å². The molecule has 0 atom stereocenters. The average molecular weight is 595 g/mol. The van der Waals surface area contributed by atoms with Gasteiger partial charge < -0.3 is 8.83 Å². The van der Waals surface area contributed by atoms with Gasteiger partial charge in [0.2, 0.25) is 5.41 Å². The lowest BCUT2D eigenvalue weighted by Crippen LogP contribution is -2.54. The summed E-state index contributed by atoms with van der Waals surface area (Å²) in [6.45, 7) is 1.44. The van der Waals surface area contributed by atoms with Gasteiger partial charge in [-0.05, 0) is 47.0 Å². The molecule has 0 N–H and O–H groups in total. The van der Waals surface area contributed by atoms with Gasteiger partial charge in [0.15, 0.2) is 28.7 Å². The van der Waals surface area contributed by atoms with E-state index >= 15 is 0 Å². The topological polar surface area (TPSA) is 69.1 Å². The normalized spacial score (nSPS) is 12.7. The Morgan fingerprint density at radius 2 is 1.26 bits per heavy atom. The zero-order valence-corrected chi connectivity index (χ0v) is 22.3. The van der Waals surface area contributed by atoms with E-state index in [1.807, 2.05) is 0 Å². The summed E-state index contributed by atoms with van der Waals surface area (Å²) in [5.41, 5.74) is -5.25. The molecule has 0 radical (unpaired) electrons. The number of aryl methyl sites for hydroxylation is 1. The van der Waals surface area contributed by atoms with Crippen molar-refractivity contribution in [2.24, 2.45) is 0 Å². The first-order valence-corrected chi connectivity index (χ1v) is 13.0. The molecule has 218 valence electrons. The van der Waals surface area contributed by atoms with Gasteiger partial charge in [0, 0.05) is 24.5 Å². The Hall–Kier alpha value is -4.93. The molecule has 4 aromatic carbocycles. The number of alkyl halides is 6. The largest absolute Gasteiger partial charge is 0.441 e. The molecule has 0 amide bonds. The van der Waals surface area contributed by atoms with E-state index in [2.05, 4.69) is 9.97 Å². The molecule has 0 bridgehead atoms. The smallest absolute Gasteiger partial charge is 0.411 e. The molecule has 0 fully saturated rings. The Morgan fingerprint density at radius 1 is 0.674 bits per heavy atom. The number of hydrogen-bond donors (Lipinski definition) is 0. The van der Waals surface area contributed by atoms with Crippen molar-refractivity contribution in [1.82, 2.24) is 9.97 Å². The summed E-state index contributed by atoms with van der Waals surface area (Å²) in [6.07, 6.45) is -11.5. The standard InChI is InChI=1S/C32H20F6N2O3/c1-18-39-24-16-22(10-12-26(24)42-18)30(31(33,34)35,32(36,37)38)23-11-13-27-25(17-23)40-28(43-27)15-19-6-5-9-21(14-19)29(41)20-7-3-2-4-8-20/h2-14,16-17H,15H2,1H3. The molecule has 0 aliphatic rings. The molecule has 43 heavy (non-hydrogen) atoms. The van der Waals surface area contributed by atoms with Gasteiger partial charge in [-0.25, -0.2) is 9.97 Å². The van der Waals surface area contributed by atoms with Crippen LogP contribution in [-0.4, -0.2) is 28.1 Å². The van der Waals surface area contributed by atoms with Crippen LogP contribution in [0.4, 0.5) is 26.3 Å². The molecule has 0 aliphatic carbocycles. The Labute approximate surface area is 239 Å². The van der Waals surface area contributed by atoms with Crippen LogP contribution in [0.25, 0.3) is 22.2 Å². The highest BCUT2D eigenvalue weighted by molar-refractivity contribution is 6.09. The van der Waals surface area contributed by atoms with E-state index in [1.165, 1.54) is 6.92 Å². The SMILES string of the molecule is Cc1nc2cc(C(c3ccc4oc(Cc5cccc(C(=O)c6ccccc6)c5)nc4c3)(C(F)(F)F)C(F)(F)F)ccc2o1. The molecule has 6 rings (SSSR count). The van der Waals surface area contributed by atoms with Crippen molar-refractivity contribution in [1.29, 1.82) is 0 Å². The van der Waals surface area contributed by atoms with Crippen LogP contribution >= 0.6 is 0 Å². The second-order valence-corrected chi connectivity index (χ2v) is 10.0. The van der Waals surface area contributed by atoms with E-state index in [0.717, 1.165) is 36.4 Å². The van der Waals surface area contributed by atoms with Crippen molar-refractivity contribution in [3.63, 3.8) is 0 Å². The third-order valence-electron chi connectivity index (χ3n) is 7.22. The molecular weight excluding hydrogens is 574 g/mol. The zero-order valence-electron chi connectivity index (χ0n) is 22.3. The molecule has 0 saturated heterocycles. The number of oxazole rings is 2. The van der Waals surface area contributed by atoms with Gasteiger partial charge in [0.05, 0.1) is 0 Å². The molecule has 2 heterocycles. The Morgan fingerprint density at radius 3 is 1.88 bits per heavy atom. The second-order valence-electron chi connectivity index (χ2n) is 10.0. The van der Waals surface area contributed by atoms with Gasteiger partial charge in [-0.2, -0.15) is 26.3 Å². The molecular formula is C32H20F6N2O3. The fourth-order valence-corrected chi connectivity index (χ4v) is 5.30. The number of rotatable bonds is 6. The fourth-order valence-electron chi connectivity index (χ4n) is 5.30. The molecule has 0 spiro atoms. The maximum Gasteiger partial charge on any atom is 0.411 e. The predicted octanol–water partition coefficient (Wildman–Crippen LogP) is 8.51. The number of hydrogen-bond acceptors (Lipinski definition) is 5. The van der Waals surface area contributed by atoms with Crippen LogP contribution in [0.5, 0.6) is 0 Å². The number of fused-ring (bicyclic) bond motifs is 2. The summed E-state index contributed by atoms with van der Waals surface area (Å²) in [4.78, 5) is 21.0. The van der Waals surface area contributed by atoms with Crippen LogP contribution in [-0.2, 0) is 11.8 Å². The lowest BCUT2D eigenvalue weighted by Gasteiger charge is -2.38. The summed E-state index contributed by atoms with van der Waals surface area (Å²) in [5.74, 6) is -0.0527. The summed E-state index contributed by atoms with van der Waals surface area (Å²) in [7, 11) is 0. The van der Waals surface area contributed by atoms with Crippen LogP contribution in [0, 0.1) is 6.92 Å². The predicted molar refractivity (Wildman–Crippen MR) is 145 cm³/mol. The van der Waals surface area contributed by atoms with Crippen molar-refractivity contribution in [2.75, 3.05) is 0 Å². The lowest BCUT2D eigenvalue weighted by atomic mass is 9.72. The molecule has 2 aromatic heterocycles. The van der Waals surface area contributed by atoms with E-state index in [1.54, 1.807) is 54.6 Å². The van der Waals surface area contributed by atoms with Crippen LogP contribution in [0.1, 0.15) is 44.4 Å². The van der Waals surface area contributed by atoms with Gasteiger partial charge >= 0.3 is 12.4 Å². The lowest BCUT2D eigenvalue weighted by molar-refractivity contribution is -0.288. The molecule has 0 unspecified atom stereocenters. The van der Waals surface area contributed by atoms with Crippen molar-refractivity contribution in [3.8, 4) is 0 Å². The monoisotopic (exact) mass is 594 g/mol. The minimum absolute atomic E-state index is 0.0103. The number of aromatic nitrogens is 2. The Kier molecular flexibility index (Phi) is 6.63. The van der Waals surface area contributed by atoms with Crippen LogP contribution in [0.2, 0.25) is 0 Å². The number of ketones is 1. The Balaban J connectivity index is 1.40. The van der Waals surface area contributed by atoms with E-state index < -0.39 is 28.9 Å². The highest BCUT2D eigenvalue weighted by atomic mass is 19.4. The molecule has 5 nitrogen and oxygen atoms in total. The third-order valence-corrected chi connectivity index (χ3v) is 7.22. The molecule has 0 aliphatic heterocycles. The first kappa shape index (κ1) is 28.2. The molecule has 6 aromatic rings. The quantitative estimate of drug-likeness (QED) is 0.143. The molecule has 0 saturated carbocycles. The maximum absolute atomic E-state index is 14.7. The number of nitrogens with zero attached hydrogens (tertiary/aromatic N) is 2. The van der Waals surface area contributed by atoms with E-state index in [0.29, 0.717) is 16.7 Å². The van der Waals surface area contributed by atoms with Crippen molar-refractivity contribution in [3.05, 3.63) is 131 Å². The minimum atomic E-state index is -5.79. The van der Waals surface area contributed by atoms with Gasteiger partial charge in [0.1, 0.15) is 11.0 Å². The van der Waals surface area contributed by atoms with Gasteiger partial charge in [-0.1, -0.05) is 60.7 Å². The summed E-state index contributed by atoms with van der Waals surface area (Å²) in [6, 6.07) is 20.4. The summed E-state index contributed by atoms with van der Waals surface area (Å²) < 4.78 is 99.3. The zero-order chi connectivity index (χ0) is 30.6. The maximum atomic E-state index is 14.7. The van der Waals surface area contributed by atoms with Gasteiger partial charge in [-0.3, -0.25) is 4.79 Å². The number of carbonyl (C=O) groups excluding carboxylic acids is 1. The van der Waals surface area contributed by atoms with Crippen LogP contribution in [0.3, 0.4) is 0 Å². The van der Waals surface area contributed by atoms with Gasteiger partial charge in [0.25, 0.3) is 0 Å². The first-order chi connectivity index (χ1) is 20.4. The van der Waals surface area contributed by atoms with Crippen LogP contribution < -0.4 is 0 Å². The fraction of sp³-hybridized carbons (Fsp3) is 0.156. The second kappa shape index (κ2) is 10.1. The third kappa shape index (κ3) is 4.84. The summed E-state index contributed by atoms with van der Waals surface area (Å²) >= 11 is 0. The first-order valence-electron chi connectivity index (χ1n) is 13.0. The average Bonchev–Trinajstić information content (AvgIpc) is 3.53. The van der Waals surface area contributed by atoms with Crippen molar-refractivity contribution in [2.45, 2.75) is 31.1 Å². The van der Waals surface area contributed by atoms with Crippen LogP contribution in [0.15, 0.2) is 99.8 Å². The highest BCUT2D eigenvalue weighted by Crippen LogP contribution is 2.56. The Bertz CT molecular complexity index is 1960. The van der Waals surface area contributed by atoms with E-state index in [4.69, 9.17) is 8.83 Å². The number of halogens is 6. The minimum Gasteiger partial charge on any atom is -0.441 e. The molecule has 11 heteroatoms. The number of benzene rings is 4. The van der Waals surface area contributed by atoms with E-state index in [9.17, 15) is 31.1 Å².